The number of hydrogen-bond donors (Lipinski definition) is 1. The van der Waals surface area contributed by atoms with E-state index in [0.717, 1.165) is 17.1 Å². The molecule has 0 fully saturated rings. The molecule has 0 saturated heterocycles. The average Bonchev–Trinajstić information content (AvgIpc) is 3.56. The SMILES string of the molecule is C=Cc1sc2ccc3c4ccc(Nc5ccccc5)cc4n(-c4ccccc4)c3c2c1/C=C\C.CC.CC.CC. The topological polar surface area (TPSA) is 17.0 Å². The molecule has 2 heterocycles. The molecule has 40 heavy (non-hydrogen) atoms. The van der Waals surface area contributed by atoms with Gasteiger partial charge in [0.2, 0.25) is 0 Å². The van der Waals surface area contributed by atoms with Crippen LogP contribution in [0.3, 0.4) is 0 Å². The molecule has 0 aliphatic carbocycles. The van der Waals surface area contributed by atoms with Crippen LogP contribution in [0.15, 0.2) is 104 Å². The lowest BCUT2D eigenvalue weighted by molar-refractivity contribution is 1.19. The van der Waals surface area contributed by atoms with Gasteiger partial charge in [-0.3, -0.25) is 0 Å². The molecule has 2 nitrogen and oxygen atoms in total. The van der Waals surface area contributed by atoms with Gasteiger partial charge < -0.3 is 9.88 Å². The molecule has 0 bridgehead atoms. The third-order valence-corrected chi connectivity index (χ3v) is 7.41. The third kappa shape index (κ3) is 5.90. The molecule has 206 valence electrons. The summed E-state index contributed by atoms with van der Waals surface area (Å²) < 4.78 is 3.69. The van der Waals surface area contributed by atoms with Gasteiger partial charge in [-0.15, -0.1) is 11.3 Å². The first-order valence-corrected chi connectivity index (χ1v) is 15.3. The minimum atomic E-state index is 1.07. The first-order valence-electron chi connectivity index (χ1n) is 14.4. The van der Waals surface area contributed by atoms with Gasteiger partial charge in [-0.05, 0) is 49.4 Å². The highest BCUT2D eigenvalue weighted by atomic mass is 32.1. The van der Waals surface area contributed by atoms with Crippen LogP contribution in [0.5, 0.6) is 0 Å². The number of anilines is 2. The first-order chi connectivity index (χ1) is 19.8. The Morgan fingerprint density at radius 2 is 1.35 bits per heavy atom. The van der Waals surface area contributed by atoms with Crippen molar-refractivity contribution < 1.29 is 0 Å². The first kappa shape index (κ1) is 30.5. The molecule has 0 aliphatic rings. The molecule has 0 saturated carbocycles. The summed E-state index contributed by atoms with van der Waals surface area (Å²) >= 11 is 1.80. The van der Waals surface area contributed by atoms with Crippen molar-refractivity contribution in [3.8, 4) is 5.69 Å². The quantitative estimate of drug-likeness (QED) is 0.227. The molecule has 0 atom stereocenters. The molecule has 0 unspecified atom stereocenters. The Bertz CT molecular complexity index is 1690. The number of thiophene rings is 1. The number of aromatic nitrogens is 1. The molecule has 6 aromatic rings. The van der Waals surface area contributed by atoms with Crippen molar-refractivity contribution in [3.63, 3.8) is 0 Å². The van der Waals surface area contributed by atoms with Crippen LogP contribution < -0.4 is 5.32 Å². The van der Waals surface area contributed by atoms with Crippen molar-refractivity contribution in [2.45, 2.75) is 48.5 Å². The molecule has 0 aliphatic heterocycles. The van der Waals surface area contributed by atoms with Crippen molar-refractivity contribution in [1.82, 2.24) is 4.57 Å². The van der Waals surface area contributed by atoms with Gasteiger partial charge in [0.25, 0.3) is 0 Å². The number of rotatable bonds is 5. The van der Waals surface area contributed by atoms with Gasteiger partial charge >= 0.3 is 0 Å². The van der Waals surface area contributed by atoms with E-state index in [2.05, 4.69) is 120 Å². The molecule has 4 aromatic carbocycles. The van der Waals surface area contributed by atoms with E-state index >= 15 is 0 Å². The van der Waals surface area contributed by atoms with Gasteiger partial charge in [0.1, 0.15) is 0 Å². The highest BCUT2D eigenvalue weighted by molar-refractivity contribution is 7.20. The summed E-state index contributed by atoms with van der Waals surface area (Å²) in [5, 5.41) is 7.36. The van der Waals surface area contributed by atoms with Gasteiger partial charge in [0.15, 0.2) is 0 Å². The minimum absolute atomic E-state index is 1.07. The fraction of sp³-hybridized carbons (Fsp3) is 0.189. The molecule has 0 spiro atoms. The van der Waals surface area contributed by atoms with E-state index in [1.165, 1.54) is 42.3 Å². The second-order valence-electron chi connectivity index (χ2n) is 8.31. The summed E-state index contributed by atoms with van der Waals surface area (Å²) in [5.41, 5.74) is 6.98. The van der Waals surface area contributed by atoms with Crippen molar-refractivity contribution in [1.29, 1.82) is 0 Å². The standard InChI is InChI=1S/C31H24N2S.3C2H6/c1-3-11-26-28(4-2)34-29-19-18-25-24-17-16-22(32-21-12-7-5-8-13-21)20-27(24)33(31(25)30(26)29)23-14-9-6-10-15-23;3*1-2/h3-20,32H,2H2,1H3;3*1-2H3/b11-3-;;;. The zero-order valence-corrected chi connectivity index (χ0v) is 25.8. The number of fused-ring (bicyclic) bond motifs is 5. The van der Waals surface area contributed by atoms with Crippen molar-refractivity contribution in [2.75, 3.05) is 5.32 Å². The fourth-order valence-electron chi connectivity index (χ4n) is 4.82. The number of hydrogen-bond acceptors (Lipinski definition) is 2. The average molecular weight is 547 g/mol. The maximum absolute atomic E-state index is 4.09. The Morgan fingerprint density at radius 1 is 0.725 bits per heavy atom. The van der Waals surface area contributed by atoms with Gasteiger partial charge in [0, 0.05) is 48.4 Å². The fourth-order valence-corrected chi connectivity index (χ4v) is 5.87. The summed E-state index contributed by atoms with van der Waals surface area (Å²) in [6.45, 7) is 18.2. The van der Waals surface area contributed by atoms with E-state index in [1.54, 1.807) is 11.3 Å². The van der Waals surface area contributed by atoms with Crippen LogP contribution in [-0.2, 0) is 0 Å². The molecule has 6 rings (SSSR count). The lowest BCUT2D eigenvalue weighted by Gasteiger charge is -2.11. The summed E-state index contributed by atoms with van der Waals surface area (Å²) in [4.78, 5) is 1.21. The van der Waals surface area contributed by atoms with Crippen LogP contribution >= 0.6 is 11.3 Å². The highest BCUT2D eigenvalue weighted by Gasteiger charge is 2.19. The summed E-state index contributed by atoms with van der Waals surface area (Å²) in [6, 6.07) is 32.2. The largest absolute Gasteiger partial charge is 0.355 e. The maximum atomic E-state index is 4.09. The van der Waals surface area contributed by atoms with E-state index < -0.39 is 0 Å². The Balaban J connectivity index is 0.000000691. The van der Waals surface area contributed by atoms with E-state index in [-0.39, 0.29) is 0 Å². The molecule has 1 N–H and O–H groups in total. The van der Waals surface area contributed by atoms with E-state index in [4.69, 9.17) is 0 Å². The second kappa shape index (κ2) is 14.9. The lowest BCUT2D eigenvalue weighted by Crippen LogP contribution is -1.95. The number of nitrogens with one attached hydrogen (secondary N) is 1. The lowest BCUT2D eigenvalue weighted by atomic mass is 10.1. The monoisotopic (exact) mass is 546 g/mol. The highest BCUT2D eigenvalue weighted by Crippen LogP contribution is 2.43. The van der Waals surface area contributed by atoms with Crippen LogP contribution in [0.2, 0.25) is 0 Å². The number of benzene rings is 4. The summed E-state index contributed by atoms with van der Waals surface area (Å²) in [6.07, 6.45) is 6.30. The smallest absolute Gasteiger partial charge is 0.0634 e. The van der Waals surface area contributed by atoms with Crippen molar-refractivity contribution >= 4 is 66.8 Å². The Labute approximate surface area is 244 Å². The van der Waals surface area contributed by atoms with Gasteiger partial charge in [-0.2, -0.15) is 0 Å². The maximum Gasteiger partial charge on any atom is 0.0634 e. The minimum Gasteiger partial charge on any atom is -0.355 e. The van der Waals surface area contributed by atoms with E-state index in [0.29, 0.717) is 0 Å². The number of para-hydroxylation sites is 2. The van der Waals surface area contributed by atoms with Gasteiger partial charge in [-0.25, -0.2) is 0 Å². The molecular weight excluding hydrogens is 504 g/mol. The van der Waals surface area contributed by atoms with Crippen LogP contribution in [0.1, 0.15) is 58.9 Å². The Hall–Kier alpha value is -4.08. The normalized spacial score (nSPS) is 10.4. The van der Waals surface area contributed by atoms with Gasteiger partial charge in [-0.1, -0.05) is 115 Å². The second-order valence-corrected chi connectivity index (χ2v) is 9.40. The Kier molecular flexibility index (Phi) is 11.4. The number of nitrogens with zero attached hydrogens (tertiary/aromatic N) is 1. The van der Waals surface area contributed by atoms with Crippen LogP contribution in [-0.4, -0.2) is 4.57 Å². The zero-order valence-electron chi connectivity index (χ0n) is 25.0. The molecule has 0 amide bonds. The Morgan fingerprint density at radius 3 is 1.98 bits per heavy atom. The molecule has 0 radical (unpaired) electrons. The van der Waals surface area contributed by atoms with Crippen molar-refractivity contribution in [3.05, 3.63) is 114 Å². The van der Waals surface area contributed by atoms with Crippen LogP contribution in [0.25, 0.3) is 49.7 Å². The molecule has 3 heteroatoms. The predicted octanol–water partition coefficient (Wildman–Crippen LogP) is 12.5. The third-order valence-electron chi connectivity index (χ3n) is 6.24. The van der Waals surface area contributed by atoms with Crippen LogP contribution in [0, 0.1) is 0 Å². The van der Waals surface area contributed by atoms with Gasteiger partial charge in [0.05, 0.1) is 11.0 Å². The van der Waals surface area contributed by atoms with E-state index in [1.807, 2.05) is 53.7 Å². The summed E-state index contributed by atoms with van der Waals surface area (Å²) in [5.74, 6) is 0. The summed E-state index contributed by atoms with van der Waals surface area (Å²) in [7, 11) is 0. The van der Waals surface area contributed by atoms with Crippen molar-refractivity contribution in [2.24, 2.45) is 0 Å². The molecular formula is C37H42N2S. The van der Waals surface area contributed by atoms with E-state index in [9.17, 15) is 0 Å². The zero-order chi connectivity index (χ0) is 29.1. The molecule has 2 aromatic heterocycles. The van der Waals surface area contributed by atoms with Crippen LogP contribution in [0.4, 0.5) is 11.4 Å². The predicted molar refractivity (Wildman–Crippen MR) is 185 cm³/mol. The number of allylic oxidation sites excluding steroid dienone is 1.